The molecule has 0 atom stereocenters. The SMILES string of the molecule is CCNc1ncc(F)cc1C(=O)NCC(C)(C)SC. The number of hydrogen-bond donors (Lipinski definition) is 2. The highest BCUT2D eigenvalue weighted by Crippen LogP contribution is 2.20. The molecule has 106 valence electrons. The average Bonchev–Trinajstić information content (AvgIpc) is 2.38. The number of anilines is 1. The molecule has 0 saturated carbocycles. The summed E-state index contributed by atoms with van der Waals surface area (Å²) in [6.07, 6.45) is 3.08. The minimum Gasteiger partial charge on any atom is -0.370 e. The number of hydrogen-bond acceptors (Lipinski definition) is 4. The van der Waals surface area contributed by atoms with Crippen molar-refractivity contribution in [2.45, 2.75) is 25.5 Å². The summed E-state index contributed by atoms with van der Waals surface area (Å²) in [6, 6.07) is 1.20. The van der Waals surface area contributed by atoms with Gasteiger partial charge in [0.2, 0.25) is 0 Å². The smallest absolute Gasteiger partial charge is 0.255 e. The van der Waals surface area contributed by atoms with Gasteiger partial charge in [-0.1, -0.05) is 0 Å². The number of carbonyl (C=O) groups is 1. The molecule has 0 unspecified atom stereocenters. The van der Waals surface area contributed by atoms with Gasteiger partial charge in [0, 0.05) is 17.8 Å². The maximum Gasteiger partial charge on any atom is 0.255 e. The van der Waals surface area contributed by atoms with Gasteiger partial charge in [0.1, 0.15) is 11.6 Å². The quantitative estimate of drug-likeness (QED) is 0.843. The Labute approximate surface area is 117 Å². The molecule has 19 heavy (non-hydrogen) atoms. The van der Waals surface area contributed by atoms with E-state index in [1.54, 1.807) is 11.8 Å². The minimum absolute atomic E-state index is 0.0608. The number of rotatable bonds is 6. The van der Waals surface area contributed by atoms with Crippen molar-refractivity contribution in [1.82, 2.24) is 10.3 Å². The molecule has 0 radical (unpaired) electrons. The Hall–Kier alpha value is -1.30. The first-order valence-electron chi connectivity index (χ1n) is 6.12. The van der Waals surface area contributed by atoms with Crippen LogP contribution in [0.3, 0.4) is 0 Å². The first kappa shape index (κ1) is 15.8. The lowest BCUT2D eigenvalue weighted by molar-refractivity contribution is 0.0951. The van der Waals surface area contributed by atoms with Crippen LogP contribution < -0.4 is 10.6 Å². The highest BCUT2D eigenvalue weighted by molar-refractivity contribution is 7.99. The van der Waals surface area contributed by atoms with Crippen LogP contribution in [0.5, 0.6) is 0 Å². The fraction of sp³-hybridized carbons (Fsp3) is 0.538. The van der Waals surface area contributed by atoms with Crippen LogP contribution in [0.25, 0.3) is 0 Å². The fourth-order valence-corrected chi connectivity index (χ4v) is 1.60. The highest BCUT2D eigenvalue weighted by atomic mass is 32.2. The van der Waals surface area contributed by atoms with Crippen LogP contribution >= 0.6 is 11.8 Å². The van der Waals surface area contributed by atoms with Gasteiger partial charge in [0.25, 0.3) is 5.91 Å². The number of nitrogens with zero attached hydrogens (tertiary/aromatic N) is 1. The lowest BCUT2D eigenvalue weighted by Gasteiger charge is -2.22. The molecular formula is C13H20FN3OS. The number of pyridine rings is 1. The molecule has 0 aromatic carbocycles. The van der Waals surface area contributed by atoms with Crippen molar-refractivity contribution in [3.05, 3.63) is 23.6 Å². The van der Waals surface area contributed by atoms with Crippen molar-refractivity contribution in [3.8, 4) is 0 Å². The average molecular weight is 285 g/mol. The van der Waals surface area contributed by atoms with Crippen LogP contribution in [0, 0.1) is 5.82 Å². The number of thioether (sulfide) groups is 1. The monoisotopic (exact) mass is 285 g/mol. The number of nitrogens with one attached hydrogen (secondary N) is 2. The first-order valence-corrected chi connectivity index (χ1v) is 7.35. The second-order valence-electron chi connectivity index (χ2n) is 4.73. The summed E-state index contributed by atoms with van der Waals surface area (Å²) >= 11 is 1.66. The molecule has 0 spiro atoms. The van der Waals surface area contributed by atoms with Crippen LogP contribution in [0.1, 0.15) is 31.1 Å². The van der Waals surface area contributed by atoms with E-state index in [-0.39, 0.29) is 16.2 Å². The molecular weight excluding hydrogens is 265 g/mol. The molecule has 1 heterocycles. The van der Waals surface area contributed by atoms with Crippen LogP contribution in [0.15, 0.2) is 12.3 Å². The summed E-state index contributed by atoms with van der Waals surface area (Å²) in [7, 11) is 0. The van der Waals surface area contributed by atoms with Gasteiger partial charge in [-0.05, 0) is 33.1 Å². The maximum atomic E-state index is 13.2. The molecule has 4 nitrogen and oxygen atoms in total. The lowest BCUT2D eigenvalue weighted by atomic mass is 10.2. The predicted molar refractivity (Wildman–Crippen MR) is 78.3 cm³/mol. The summed E-state index contributed by atoms with van der Waals surface area (Å²) in [5, 5.41) is 5.76. The van der Waals surface area contributed by atoms with E-state index < -0.39 is 5.82 Å². The van der Waals surface area contributed by atoms with E-state index in [0.717, 1.165) is 6.20 Å². The van der Waals surface area contributed by atoms with E-state index in [2.05, 4.69) is 15.6 Å². The van der Waals surface area contributed by atoms with E-state index in [9.17, 15) is 9.18 Å². The van der Waals surface area contributed by atoms with Gasteiger partial charge in [-0.2, -0.15) is 11.8 Å². The van der Waals surface area contributed by atoms with Crippen LogP contribution in [0.2, 0.25) is 0 Å². The van der Waals surface area contributed by atoms with E-state index in [1.807, 2.05) is 27.0 Å². The number of carbonyl (C=O) groups excluding carboxylic acids is 1. The van der Waals surface area contributed by atoms with Crippen molar-refractivity contribution >= 4 is 23.5 Å². The van der Waals surface area contributed by atoms with E-state index in [1.165, 1.54) is 6.07 Å². The van der Waals surface area contributed by atoms with Crippen LogP contribution in [-0.2, 0) is 0 Å². The minimum atomic E-state index is -0.518. The van der Waals surface area contributed by atoms with Crippen LogP contribution in [0.4, 0.5) is 10.2 Å². The predicted octanol–water partition coefficient (Wildman–Crippen LogP) is 2.52. The van der Waals surface area contributed by atoms with Gasteiger partial charge in [0.05, 0.1) is 11.8 Å². The maximum absolute atomic E-state index is 13.2. The normalized spacial score (nSPS) is 11.2. The Morgan fingerprint density at radius 2 is 2.21 bits per heavy atom. The van der Waals surface area contributed by atoms with Gasteiger partial charge in [-0.15, -0.1) is 0 Å². The Morgan fingerprint density at radius 1 is 1.53 bits per heavy atom. The third-order valence-corrected chi connectivity index (χ3v) is 3.92. The third-order valence-electron chi connectivity index (χ3n) is 2.67. The van der Waals surface area contributed by atoms with Gasteiger partial charge in [-0.25, -0.2) is 9.37 Å². The number of aromatic nitrogens is 1. The lowest BCUT2D eigenvalue weighted by Crippen LogP contribution is -2.36. The molecule has 0 aliphatic rings. The van der Waals surface area contributed by atoms with E-state index >= 15 is 0 Å². The molecule has 6 heteroatoms. The molecule has 0 aliphatic carbocycles. The Morgan fingerprint density at radius 3 is 2.79 bits per heavy atom. The van der Waals surface area contributed by atoms with Crippen molar-refractivity contribution < 1.29 is 9.18 Å². The van der Waals surface area contributed by atoms with E-state index in [0.29, 0.717) is 18.9 Å². The number of amides is 1. The van der Waals surface area contributed by atoms with Gasteiger partial charge in [-0.3, -0.25) is 4.79 Å². The zero-order valence-corrected chi connectivity index (χ0v) is 12.5. The molecule has 1 amide bonds. The molecule has 0 bridgehead atoms. The summed E-state index contributed by atoms with van der Waals surface area (Å²) in [6.45, 7) is 7.09. The van der Waals surface area contributed by atoms with Crippen molar-refractivity contribution in [1.29, 1.82) is 0 Å². The largest absolute Gasteiger partial charge is 0.370 e. The molecule has 1 aromatic heterocycles. The summed E-state index contributed by atoms with van der Waals surface area (Å²) < 4.78 is 13.2. The summed E-state index contributed by atoms with van der Waals surface area (Å²) in [5.41, 5.74) is 0.235. The Bertz CT molecular complexity index is 452. The molecule has 1 rings (SSSR count). The molecule has 0 fully saturated rings. The van der Waals surface area contributed by atoms with Gasteiger partial charge >= 0.3 is 0 Å². The second kappa shape index (κ2) is 6.75. The summed E-state index contributed by atoms with van der Waals surface area (Å²) in [5.74, 6) is -0.427. The Kier molecular flexibility index (Phi) is 5.60. The standard InChI is InChI=1S/C13H20FN3OS/c1-5-15-11-10(6-9(14)7-16-11)12(18)17-8-13(2,3)19-4/h6-7H,5,8H2,1-4H3,(H,15,16)(H,17,18). The van der Waals surface area contributed by atoms with Crippen molar-refractivity contribution in [3.63, 3.8) is 0 Å². The Balaban J connectivity index is 2.83. The third kappa shape index (κ3) is 4.70. The van der Waals surface area contributed by atoms with Crippen molar-refractivity contribution in [2.24, 2.45) is 0 Å². The molecule has 2 N–H and O–H groups in total. The number of halogens is 1. The second-order valence-corrected chi connectivity index (χ2v) is 6.24. The first-order chi connectivity index (χ1) is 8.89. The van der Waals surface area contributed by atoms with Gasteiger partial charge in [0.15, 0.2) is 0 Å². The molecule has 1 aromatic rings. The summed E-state index contributed by atoms with van der Waals surface area (Å²) in [4.78, 5) is 16.0. The zero-order valence-electron chi connectivity index (χ0n) is 11.7. The zero-order chi connectivity index (χ0) is 14.5. The fourth-order valence-electron chi connectivity index (χ4n) is 1.38. The topological polar surface area (TPSA) is 54.0 Å². The molecule has 0 saturated heterocycles. The van der Waals surface area contributed by atoms with Gasteiger partial charge < -0.3 is 10.6 Å². The molecule has 0 aliphatic heterocycles. The van der Waals surface area contributed by atoms with E-state index in [4.69, 9.17) is 0 Å². The van der Waals surface area contributed by atoms with Crippen LogP contribution in [-0.4, -0.2) is 35.0 Å². The van der Waals surface area contributed by atoms with Crippen molar-refractivity contribution in [2.75, 3.05) is 24.7 Å². The highest BCUT2D eigenvalue weighted by Gasteiger charge is 2.19.